The number of methoxy groups -OCH3 is 2. The number of rotatable bonds is 8. The van der Waals surface area contributed by atoms with Crippen molar-refractivity contribution in [3.8, 4) is 11.5 Å². The summed E-state index contributed by atoms with van der Waals surface area (Å²) < 4.78 is 49.3. The van der Waals surface area contributed by atoms with Gasteiger partial charge in [-0.15, -0.1) is 0 Å². The van der Waals surface area contributed by atoms with Crippen LogP contribution in [0, 0.1) is 0 Å². The molecule has 0 bridgehead atoms. The number of carbonyl (C=O) groups is 1. The van der Waals surface area contributed by atoms with Crippen LogP contribution in [0.15, 0.2) is 42.5 Å². The van der Waals surface area contributed by atoms with Crippen LogP contribution < -0.4 is 14.8 Å². The molecule has 0 aliphatic heterocycles. The van der Waals surface area contributed by atoms with Gasteiger partial charge in [0, 0.05) is 24.4 Å². The Morgan fingerprint density at radius 1 is 0.966 bits per heavy atom. The molecule has 2 aromatic rings. The first-order valence-corrected chi connectivity index (χ1v) is 9.21. The molecule has 0 atom stereocenters. The van der Waals surface area contributed by atoms with E-state index >= 15 is 0 Å². The van der Waals surface area contributed by atoms with E-state index in [1.807, 2.05) is 12.1 Å². The van der Waals surface area contributed by atoms with Gasteiger partial charge in [0.15, 0.2) is 0 Å². The molecule has 0 aliphatic rings. The van der Waals surface area contributed by atoms with E-state index < -0.39 is 17.2 Å². The van der Waals surface area contributed by atoms with Crippen molar-refractivity contribution in [2.24, 2.45) is 0 Å². The fraction of sp³-hybridized carbons (Fsp3) is 0.409. The third kappa shape index (κ3) is 6.41. The normalized spacial score (nSPS) is 11.8. The summed E-state index contributed by atoms with van der Waals surface area (Å²) in [4.78, 5) is 12.3. The lowest BCUT2D eigenvalue weighted by molar-refractivity contribution is -0.137. The average Bonchev–Trinajstić information content (AvgIpc) is 2.70. The second-order valence-corrected chi connectivity index (χ2v) is 7.46. The highest BCUT2D eigenvalue weighted by atomic mass is 19.4. The van der Waals surface area contributed by atoms with Crippen LogP contribution in [0.2, 0.25) is 0 Å². The number of alkyl halides is 3. The topological polar surface area (TPSA) is 47.6 Å². The predicted octanol–water partition coefficient (Wildman–Crippen LogP) is 4.75. The summed E-state index contributed by atoms with van der Waals surface area (Å²) >= 11 is 0. The van der Waals surface area contributed by atoms with Crippen molar-refractivity contribution in [2.45, 2.75) is 38.3 Å². The highest BCUT2D eigenvalue weighted by Crippen LogP contribution is 2.32. The monoisotopic (exact) mass is 409 g/mol. The summed E-state index contributed by atoms with van der Waals surface area (Å²) in [6.45, 7) is 3.83. The maximum Gasteiger partial charge on any atom is 0.416 e. The largest absolute Gasteiger partial charge is 0.497 e. The first kappa shape index (κ1) is 22.6. The van der Waals surface area contributed by atoms with E-state index in [1.165, 1.54) is 6.07 Å². The molecule has 0 radical (unpaired) electrons. The molecule has 0 unspecified atom stereocenters. The molecular weight excluding hydrogens is 383 g/mol. The molecule has 0 saturated heterocycles. The van der Waals surface area contributed by atoms with Crippen LogP contribution in [0.5, 0.6) is 11.5 Å². The maximum absolute atomic E-state index is 13.0. The minimum atomic E-state index is -4.40. The third-order valence-corrected chi connectivity index (χ3v) is 4.75. The number of benzene rings is 2. The van der Waals surface area contributed by atoms with Crippen molar-refractivity contribution < 1.29 is 27.4 Å². The van der Waals surface area contributed by atoms with Crippen LogP contribution in [-0.4, -0.2) is 26.7 Å². The lowest BCUT2D eigenvalue weighted by Crippen LogP contribution is -2.36. The summed E-state index contributed by atoms with van der Waals surface area (Å²) in [5.74, 6) is 1.11. The van der Waals surface area contributed by atoms with Crippen LogP contribution in [0.25, 0.3) is 0 Å². The Kier molecular flexibility index (Phi) is 7.16. The third-order valence-electron chi connectivity index (χ3n) is 4.75. The van der Waals surface area contributed by atoms with Crippen molar-refractivity contribution in [1.29, 1.82) is 0 Å². The van der Waals surface area contributed by atoms with Gasteiger partial charge in [-0.1, -0.05) is 32.0 Å². The van der Waals surface area contributed by atoms with Gasteiger partial charge in [-0.3, -0.25) is 4.79 Å². The minimum absolute atomic E-state index is 0.174. The Morgan fingerprint density at radius 3 is 2.10 bits per heavy atom. The van der Waals surface area contributed by atoms with Crippen molar-refractivity contribution in [2.75, 3.05) is 20.8 Å². The number of nitrogens with one attached hydrogen (secondary N) is 1. The van der Waals surface area contributed by atoms with E-state index in [0.717, 1.165) is 17.7 Å². The fourth-order valence-electron chi connectivity index (χ4n) is 2.90. The first-order chi connectivity index (χ1) is 13.5. The zero-order valence-corrected chi connectivity index (χ0v) is 17.0. The van der Waals surface area contributed by atoms with Gasteiger partial charge >= 0.3 is 6.18 Å². The number of hydrogen-bond donors (Lipinski definition) is 1. The van der Waals surface area contributed by atoms with Gasteiger partial charge in [0.05, 0.1) is 19.8 Å². The molecule has 0 aromatic heterocycles. The zero-order chi connectivity index (χ0) is 21.7. The zero-order valence-electron chi connectivity index (χ0n) is 17.0. The van der Waals surface area contributed by atoms with Gasteiger partial charge in [-0.05, 0) is 35.7 Å². The smallest absolute Gasteiger partial charge is 0.416 e. The fourth-order valence-corrected chi connectivity index (χ4v) is 2.90. The summed E-state index contributed by atoms with van der Waals surface area (Å²) in [6, 6.07) is 10.6. The van der Waals surface area contributed by atoms with Gasteiger partial charge in [0.2, 0.25) is 5.91 Å². The van der Waals surface area contributed by atoms with Gasteiger partial charge in [0.1, 0.15) is 11.5 Å². The van der Waals surface area contributed by atoms with Gasteiger partial charge < -0.3 is 14.8 Å². The van der Waals surface area contributed by atoms with Crippen molar-refractivity contribution in [3.63, 3.8) is 0 Å². The van der Waals surface area contributed by atoms with Crippen molar-refractivity contribution >= 4 is 5.91 Å². The molecule has 0 saturated carbocycles. The predicted molar refractivity (Wildman–Crippen MR) is 105 cm³/mol. The Morgan fingerprint density at radius 2 is 1.55 bits per heavy atom. The molecule has 29 heavy (non-hydrogen) atoms. The molecule has 0 spiro atoms. The standard InChI is InChI=1S/C22H26F3NO3/c1-21(2,16-6-5-7-17(12-16)22(23,24)25)14-26-20(27)9-8-15-10-18(28-3)13-19(11-15)29-4/h5-7,10-13H,8-9,14H2,1-4H3,(H,26,27). The molecule has 7 heteroatoms. The Labute approximate surface area is 169 Å². The second kappa shape index (κ2) is 9.20. The Hall–Kier alpha value is -2.70. The van der Waals surface area contributed by atoms with Gasteiger partial charge in [-0.2, -0.15) is 13.2 Å². The molecule has 158 valence electrons. The van der Waals surface area contributed by atoms with Crippen molar-refractivity contribution in [1.82, 2.24) is 5.32 Å². The molecule has 0 aliphatic carbocycles. The van der Waals surface area contributed by atoms with E-state index in [9.17, 15) is 18.0 Å². The average molecular weight is 409 g/mol. The summed E-state index contributed by atoms with van der Waals surface area (Å²) in [7, 11) is 3.11. The van der Waals surface area contributed by atoms with Crippen LogP contribution in [-0.2, 0) is 22.8 Å². The number of hydrogen-bond acceptors (Lipinski definition) is 3. The SMILES string of the molecule is COc1cc(CCC(=O)NCC(C)(C)c2cccc(C(F)(F)F)c2)cc(OC)c1. The minimum Gasteiger partial charge on any atom is -0.497 e. The highest BCUT2D eigenvalue weighted by molar-refractivity contribution is 5.76. The van der Waals surface area contributed by atoms with Crippen LogP contribution in [0.3, 0.4) is 0 Å². The molecular formula is C22H26F3NO3. The van der Waals surface area contributed by atoms with Gasteiger partial charge in [-0.25, -0.2) is 0 Å². The Balaban J connectivity index is 1.96. The number of carbonyl (C=O) groups excluding carboxylic acids is 1. The van der Waals surface area contributed by atoms with E-state index in [4.69, 9.17) is 9.47 Å². The van der Waals surface area contributed by atoms with E-state index in [0.29, 0.717) is 23.5 Å². The molecule has 1 N–H and O–H groups in total. The van der Waals surface area contributed by atoms with E-state index in [2.05, 4.69) is 5.32 Å². The first-order valence-electron chi connectivity index (χ1n) is 9.21. The summed E-state index contributed by atoms with van der Waals surface area (Å²) in [5, 5.41) is 2.82. The lowest BCUT2D eigenvalue weighted by atomic mass is 9.83. The van der Waals surface area contributed by atoms with Crippen LogP contribution in [0.4, 0.5) is 13.2 Å². The number of aryl methyl sites for hydroxylation is 1. The lowest BCUT2D eigenvalue weighted by Gasteiger charge is -2.26. The maximum atomic E-state index is 13.0. The summed E-state index contributed by atoms with van der Waals surface area (Å²) in [6.07, 6.45) is -3.66. The van der Waals surface area contributed by atoms with Crippen LogP contribution in [0.1, 0.15) is 37.0 Å². The molecule has 1 amide bonds. The van der Waals surface area contributed by atoms with E-state index in [1.54, 1.807) is 40.2 Å². The summed E-state index contributed by atoms with van der Waals surface area (Å²) in [5.41, 5.74) is 0.0795. The molecule has 0 fully saturated rings. The Bertz CT molecular complexity index is 825. The number of halogens is 3. The number of ether oxygens (including phenoxy) is 2. The van der Waals surface area contributed by atoms with E-state index in [-0.39, 0.29) is 18.9 Å². The quantitative estimate of drug-likeness (QED) is 0.685. The molecule has 2 aromatic carbocycles. The number of amides is 1. The van der Waals surface area contributed by atoms with Gasteiger partial charge in [0.25, 0.3) is 0 Å². The molecule has 0 heterocycles. The van der Waals surface area contributed by atoms with Crippen LogP contribution >= 0.6 is 0 Å². The molecule has 2 rings (SSSR count). The second-order valence-electron chi connectivity index (χ2n) is 7.46. The molecule has 4 nitrogen and oxygen atoms in total. The highest BCUT2D eigenvalue weighted by Gasteiger charge is 2.32. The van der Waals surface area contributed by atoms with Crippen molar-refractivity contribution in [3.05, 3.63) is 59.2 Å².